The third kappa shape index (κ3) is 3.80. The van der Waals surface area contributed by atoms with E-state index in [-0.39, 0.29) is 0 Å². The van der Waals surface area contributed by atoms with Crippen LogP contribution < -0.4 is 0 Å². The van der Waals surface area contributed by atoms with Crippen LogP contribution in [0.15, 0.2) is 0 Å². The molecule has 0 amide bonds. The van der Waals surface area contributed by atoms with Crippen LogP contribution in [0.25, 0.3) is 0 Å². The molecule has 0 saturated heterocycles. The molecule has 0 aliphatic carbocycles. The van der Waals surface area contributed by atoms with Gasteiger partial charge >= 0.3 is 0 Å². The van der Waals surface area contributed by atoms with Crippen molar-refractivity contribution in [1.82, 2.24) is 0 Å². The molecule has 0 saturated carbocycles. The zero-order valence-corrected chi connectivity index (χ0v) is 8.84. The zero-order chi connectivity index (χ0) is 10.3. The van der Waals surface area contributed by atoms with E-state index in [1.165, 1.54) is 0 Å². The number of aliphatic hydroxyl groups is 1. The molecule has 76 valence electrons. The maximum Gasteiger partial charge on any atom is 0.0905 e. The second-order valence-electron chi connectivity index (χ2n) is 3.48. The van der Waals surface area contributed by atoms with Crippen LogP contribution in [0.4, 0.5) is 0 Å². The smallest absolute Gasteiger partial charge is 0.0905 e. The summed E-state index contributed by atoms with van der Waals surface area (Å²) in [6.45, 7) is 3.93. The molecule has 0 fully saturated rings. The molecule has 2 atom stereocenters. The highest BCUT2D eigenvalue weighted by atomic mass is 16.5. The van der Waals surface area contributed by atoms with Crippen molar-refractivity contribution in [2.24, 2.45) is 0 Å². The summed E-state index contributed by atoms with van der Waals surface area (Å²) < 4.78 is 5.28. The molecular weight excluding hydrogens is 164 g/mol. The Morgan fingerprint density at radius 1 is 1.62 bits per heavy atom. The molecule has 2 nitrogen and oxygen atoms in total. The predicted octanol–water partition coefficient (Wildman–Crippen LogP) is 1.97. The van der Waals surface area contributed by atoms with Gasteiger partial charge in [0.05, 0.1) is 11.7 Å². The van der Waals surface area contributed by atoms with Crippen molar-refractivity contribution < 1.29 is 9.84 Å². The molecule has 0 bridgehead atoms. The van der Waals surface area contributed by atoms with E-state index in [9.17, 15) is 5.11 Å². The van der Waals surface area contributed by atoms with E-state index in [4.69, 9.17) is 11.2 Å². The third-order valence-corrected chi connectivity index (χ3v) is 2.67. The summed E-state index contributed by atoms with van der Waals surface area (Å²) in [6, 6.07) is 0. The molecule has 2 unspecified atom stereocenters. The first-order valence-electron chi connectivity index (χ1n) is 4.77. The van der Waals surface area contributed by atoms with Gasteiger partial charge < -0.3 is 9.84 Å². The van der Waals surface area contributed by atoms with Crippen molar-refractivity contribution in [1.29, 1.82) is 0 Å². The average Bonchev–Trinajstić information content (AvgIpc) is 2.17. The molecule has 1 N–H and O–H groups in total. The summed E-state index contributed by atoms with van der Waals surface area (Å²) in [7, 11) is 1.63. The van der Waals surface area contributed by atoms with Crippen molar-refractivity contribution in [3.8, 4) is 12.3 Å². The monoisotopic (exact) mass is 184 g/mol. The lowest BCUT2D eigenvalue weighted by molar-refractivity contribution is -0.0951. The van der Waals surface area contributed by atoms with Crippen molar-refractivity contribution >= 4 is 0 Å². The number of hydrogen-bond acceptors (Lipinski definition) is 2. The number of ether oxygens (including phenoxy) is 1. The largest absolute Gasteiger partial charge is 0.390 e. The maximum absolute atomic E-state index is 9.80. The average molecular weight is 184 g/mol. The lowest BCUT2D eigenvalue weighted by Crippen LogP contribution is -2.40. The highest BCUT2D eigenvalue weighted by Crippen LogP contribution is 2.22. The van der Waals surface area contributed by atoms with Crippen molar-refractivity contribution in [3.63, 3.8) is 0 Å². The number of methoxy groups -OCH3 is 1. The first kappa shape index (κ1) is 12.5. The van der Waals surface area contributed by atoms with Crippen molar-refractivity contribution in [3.05, 3.63) is 0 Å². The van der Waals surface area contributed by atoms with E-state index in [0.717, 1.165) is 19.3 Å². The second kappa shape index (κ2) is 6.01. The van der Waals surface area contributed by atoms with E-state index in [1.54, 1.807) is 7.11 Å². The Hall–Kier alpha value is -0.520. The summed E-state index contributed by atoms with van der Waals surface area (Å²) in [5.74, 6) is 2.56. The fourth-order valence-corrected chi connectivity index (χ4v) is 1.22. The Balaban J connectivity index is 3.93. The van der Waals surface area contributed by atoms with Gasteiger partial charge in [-0.05, 0) is 26.2 Å². The molecule has 0 rings (SSSR count). The quantitative estimate of drug-likeness (QED) is 0.505. The Bertz CT molecular complexity index is 165. The molecular formula is C11H20O2. The Morgan fingerprint density at radius 3 is 2.62 bits per heavy atom. The van der Waals surface area contributed by atoms with Crippen LogP contribution in [0.1, 0.15) is 39.5 Å². The van der Waals surface area contributed by atoms with Gasteiger partial charge in [-0.2, -0.15) is 0 Å². The number of hydrogen-bond donors (Lipinski definition) is 1. The van der Waals surface area contributed by atoms with Gasteiger partial charge in [0.1, 0.15) is 0 Å². The van der Waals surface area contributed by atoms with Crippen molar-refractivity contribution in [2.45, 2.75) is 51.2 Å². The van der Waals surface area contributed by atoms with Crippen LogP contribution in [0, 0.1) is 12.3 Å². The highest BCUT2D eigenvalue weighted by Gasteiger charge is 2.30. The lowest BCUT2D eigenvalue weighted by Gasteiger charge is -2.32. The van der Waals surface area contributed by atoms with Gasteiger partial charge in [-0.25, -0.2) is 0 Å². The fourth-order valence-electron chi connectivity index (χ4n) is 1.22. The summed E-state index contributed by atoms with van der Waals surface area (Å²) in [6.07, 6.45) is 7.80. The van der Waals surface area contributed by atoms with Crippen LogP contribution in [0.3, 0.4) is 0 Å². The van der Waals surface area contributed by atoms with Gasteiger partial charge in [0.25, 0.3) is 0 Å². The number of unbranched alkanes of at least 4 members (excludes halogenated alkanes) is 1. The fraction of sp³-hybridized carbons (Fsp3) is 0.818. The van der Waals surface area contributed by atoms with Crippen molar-refractivity contribution in [2.75, 3.05) is 7.11 Å². The van der Waals surface area contributed by atoms with E-state index >= 15 is 0 Å². The standard InChI is InChI=1S/C11H20O2/c1-5-7-8-9-10(12)11(3,6-2)13-4/h1,10,12H,6-9H2,2-4H3. The summed E-state index contributed by atoms with van der Waals surface area (Å²) >= 11 is 0. The minimum atomic E-state index is -0.422. The number of aliphatic hydroxyl groups excluding tert-OH is 1. The van der Waals surface area contributed by atoms with E-state index in [1.807, 2.05) is 13.8 Å². The van der Waals surface area contributed by atoms with E-state index < -0.39 is 11.7 Å². The van der Waals surface area contributed by atoms with Gasteiger partial charge in [-0.1, -0.05) is 6.92 Å². The summed E-state index contributed by atoms with van der Waals surface area (Å²) in [5, 5.41) is 9.80. The first-order valence-corrected chi connectivity index (χ1v) is 4.77. The van der Waals surface area contributed by atoms with Crippen LogP contribution >= 0.6 is 0 Å². The molecule has 0 radical (unpaired) electrons. The van der Waals surface area contributed by atoms with E-state index in [2.05, 4.69) is 5.92 Å². The van der Waals surface area contributed by atoms with Gasteiger partial charge in [0, 0.05) is 13.5 Å². The first-order chi connectivity index (χ1) is 6.10. The summed E-state index contributed by atoms with van der Waals surface area (Å²) in [4.78, 5) is 0. The minimum Gasteiger partial charge on any atom is -0.390 e. The van der Waals surface area contributed by atoms with Crippen LogP contribution in [-0.4, -0.2) is 23.9 Å². The molecule has 0 aromatic heterocycles. The maximum atomic E-state index is 9.80. The zero-order valence-electron chi connectivity index (χ0n) is 8.84. The van der Waals surface area contributed by atoms with Crippen LogP contribution in [0.2, 0.25) is 0 Å². The molecule has 0 spiro atoms. The number of rotatable bonds is 6. The molecule has 0 heterocycles. The Labute approximate surface area is 81.3 Å². The summed E-state index contributed by atoms with van der Waals surface area (Å²) in [5.41, 5.74) is -0.422. The normalized spacial score (nSPS) is 17.5. The Morgan fingerprint density at radius 2 is 2.23 bits per heavy atom. The molecule has 0 aromatic rings. The molecule has 13 heavy (non-hydrogen) atoms. The van der Waals surface area contributed by atoms with Gasteiger partial charge in [-0.3, -0.25) is 0 Å². The third-order valence-electron chi connectivity index (χ3n) is 2.67. The van der Waals surface area contributed by atoms with Gasteiger partial charge in [0.15, 0.2) is 0 Å². The topological polar surface area (TPSA) is 29.5 Å². The molecule has 2 heteroatoms. The Kier molecular flexibility index (Phi) is 5.77. The van der Waals surface area contributed by atoms with Crippen LogP contribution in [-0.2, 0) is 4.74 Å². The lowest BCUT2D eigenvalue weighted by atomic mass is 9.92. The van der Waals surface area contributed by atoms with Gasteiger partial charge in [0.2, 0.25) is 0 Å². The molecule has 0 aromatic carbocycles. The van der Waals surface area contributed by atoms with E-state index in [0.29, 0.717) is 6.42 Å². The van der Waals surface area contributed by atoms with Gasteiger partial charge in [-0.15, -0.1) is 12.3 Å². The van der Waals surface area contributed by atoms with Crippen LogP contribution in [0.5, 0.6) is 0 Å². The second-order valence-corrected chi connectivity index (χ2v) is 3.48. The minimum absolute atomic E-state index is 0.421. The highest BCUT2D eigenvalue weighted by molar-refractivity contribution is 4.86. The molecule has 0 aliphatic rings. The SMILES string of the molecule is C#CCCCC(O)C(C)(CC)OC. The number of terminal acetylenes is 1. The predicted molar refractivity (Wildman–Crippen MR) is 54.4 cm³/mol. The molecule has 0 aliphatic heterocycles.